The van der Waals surface area contributed by atoms with Crippen LogP contribution < -0.4 is 5.32 Å². The van der Waals surface area contributed by atoms with Crippen LogP contribution in [-0.4, -0.2) is 15.7 Å². The Hall–Kier alpha value is -2.61. The van der Waals surface area contributed by atoms with Gasteiger partial charge in [0, 0.05) is 13.1 Å². The number of nitriles is 1. The molecule has 1 N–H and O–H groups in total. The average molecular weight is 268 g/mol. The number of aryl methyl sites for hydroxylation is 2. The molecule has 1 aromatic heterocycles. The standard InChI is InChI=1S/C15H16N4O/c1-3-19-14(8-11(2)18-19)15(20)17-10-13-6-4-12(9-16)5-7-13/h4-8H,3,10H2,1-2H3,(H,17,20). The summed E-state index contributed by atoms with van der Waals surface area (Å²) in [4.78, 5) is 12.1. The minimum Gasteiger partial charge on any atom is -0.347 e. The molecule has 0 spiro atoms. The van der Waals surface area contributed by atoms with Crippen molar-refractivity contribution < 1.29 is 4.79 Å². The van der Waals surface area contributed by atoms with Crippen molar-refractivity contribution in [1.29, 1.82) is 5.26 Å². The molecular weight excluding hydrogens is 252 g/mol. The van der Waals surface area contributed by atoms with Gasteiger partial charge in [0.2, 0.25) is 0 Å². The zero-order valence-electron chi connectivity index (χ0n) is 11.6. The quantitative estimate of drug-likeness (QED) is 0.922. The Balaban J connectivity index is 2.02. The van der Waals surface area contributed by atoms with E-state index >= 15 is 0 Å². The van der Waals surface area contributed by atoms with Crippen LogP contribution in [-0.2, 0) is 13.1 Å². The normalized spacial score (nSPS) is 10.1. The average Bonchev–Trinajstić information content (AvgIpc) is 2.86. The van der Waals surface area contributed by atoms with Crippen molar-refractivity contribution in [3.8, 4) is 6.07 Å². The first-order valence-corrected chi connectivity index (χ1v) is 6.45. The lowest BCUT2D eigenvalue weighted by atomic mass is 10.1. The highest BCUT2D eigenvalue weighted by Crippen LogP contribution is 2.06. The van der Waals surface area contributed by atoms with E-state index in [0.29, 0.717) is 24.3 Å². The molecule has 0 atom stereocenters. The van der Waals surface area contributed by atoms with Crippen molar-refractivity contribution in [1.82, 2.24) is 15.1 Å². The highest BCUT2D eigenvalue weighted by Gasteiger charge is 2.12. The largest absolute Gasteiger partial charge is 0.347 e. The maximum absolute atomic E-state index is 12.1. The Labute approximate surface area is 117 Å². The van der Waals surface area contributed by atoms with Crippen molar-refractivity contribution in [3.63, 3.8) is 0 Å². The number of hydrogen-bond donors (Lipinski definition) is 1. The highest BCUT2D eigenvalue weighted by molar-refractivity contribution is 5.92. The molecule has 20 heavy (non-hydrogen) atoms. The maximum atomic E-state index is 12.1. The predicted molar refractivity (Wildman–Crippen MR) is 75.0 cm³/mol. The minimum absolute atomic E-state index is 0.142. The second kappa shape index (κ2) is 6.02. The number of nitrogens with one attached hydrogen (secondary N) is 1. The molecular formula is C15H16N4O. The number of amides is 1. The molecule has 2 aromatic rings. The number of hydrogen-bond acceptors (Lipinski definition) is 3. The summed E-state index contributed by atoms with van der Waals surface area (Å²) in [5.41, 5.74) is 2.96. The molecule has 0 unspecified atom stereocenters. The van der Waals surface area contributed by atoms with Crippen LogP contribution in [0.2, 0.25) is 0 Å². The van der Waals surface area contributed by atoms with Crippen LogP contribution in [0.25, 0.3) is 0 Å². The van der Waals surface area contributed by atoms with Gasteiger partial charge < -0.3 is 5.32 Å². The van der Waals surface area contributed by atoms with E-state index in [0.717, 1.165) is 11.3 Å². The molecule has 1 amide bonds. The van der Waals surface area contributed by atoms with E-state index in [1.807, 2.05) is 26.0 Å². The second-order valence-electron chi connectivity index (χ2n) is 4.48. The first-order chi connectivity index (χ1) is 9.63. The van der Waals surface area contributed by atoms with Gasteiger partial charge in [-0.2, -0.15) is 10.4 Å². The SMILES string of the molecule is CCn1nc(C)cc1C(=O)NCc1ccc(C#N)cc1. The van der Waals surface area contributed by atoms with Crippen LogP contribution in [0.3, 0.4) is 0 Å². The molecule has 5 heteroatoms. The first kappa shape index (κ1) is 13.8. The second-order valence-corrected chi connectivity index (χ2v) is 4.48. The van der Waals surface area contributed by atoms with Crippen LogP contribution in [0, 0.1) is 18.3 Å². The fourth-order valence-electron chi connectivity index (χ4n) is 1.94. The number of aromatic nitrogens is 2. The summed E-state index contributed by atoms with van der Waals surface area (Å²) in [5, 5.41) is 15.8. The fraction of sp³-hybridized carbons (Fsp3) is 0.267. The number of carbonyl (C=O) groups excluding carboxylic acids is 1. The molecule has 2 rings (SSSR count). The molecule has 0 aliphatic heterocycles. The van der Waals surface area contributed by atoms with Gasteiger partial charge in [0.15, 0.2) is 0 Å². The molecule has 102 valence electrons. The van der Waals surface area contributed by atoms with Crippen LogP contribution in [0.1, 0.15) is 34.2 Å². The van der Waals surface area contributed by atoms with Crippen LogP contribution in [0.4, 0.5) is 0 Å². The van der Waals surface area contributed by atoms with Crippen molar-refractivity contribution >= 4 is 5.91 Å². The Kier molecular flexibility index (Phi) is 4.16. The van der Waals surface area contributed by atoms with E-state index in [1.54, 1.807) is 22.9 Å². The van der Waals surface area contributed by atoms with Crippen LogP contribution in [0.5, 0.6) is 0 Å². The smallest absolute Gasteiger partial charge is 0.269 e. The Morgan fingerprint density at radius 1 is 1.40 bits per heavy atom. The van der Waals surface area contributed by atoms with E-state index in [1.165, 1.54) is 0 Å². The van der Waals surface area contributed by atoms with E-state index in [2.05, 4.69) is 16.5 Å². The third kappa shape index (κ3) is 3.04. The van der Waals surface area contributed by atoms with Gasteiger partial charge in [-0.1, -0.05) is 12.1 Å². The number of nitrogens with zero attached hydrogens (tertiary/aromatic N) is 3. The highest BCUT2D eigenvalue weighted by atomic mass is 16.2. The van der Waals surface area contributed by atoms with Gasteiger partial charge in [-0.3, -0.25) is 9.48 Å². The molecule has 0 bridgehead atoms. The van der Waals surface area contributed by atoms with E-state index < -0.39 is 0 Å². The Bertz CT molecular complexity index is 650. The van der Waals surface area contributed by atoms with Gasteiger partial charge in [0.1, 0.15) is 5.69 Å². The zero-order chi connectivity index (χ0) is 14.5. The molecule has 0 radical (unpaired) electrons. The zero-order valence-corrected chi connectivity index (χ0v) is 11.6. The maximum Gasteiger partial charge on any atom is 0.269 e. The van der Waals surface area contributed by atoms with Crippen molar-refractivity contribution in [2.45, 2.75) is 26.9 Å². The molecule has 1 aromatic carbocycles. The van der Waals surface area contributed by atoms with Gasteiger partial charge in [-0.25, -0.2) is 0 Å². The number of rotatable bonds is 4. The molecule has 0 saturated carbocycles. The third-order valence-corrected chi connectivity index (χ3v) is 2.97. The lowest BCUT2D eigenvalue weighted by Crippen LogP contribution is -2.25. The molecule has 0 fully saturated rings. The number of benzene rings is 1. The van der Waals surface area contributed by atoms with E-state index in [4.69, 9.17) is 5.26 Å². The monoisotopic (exact) mass is 268 g/mol. The minimum atomic E-state index is -0.142. The molecule has 5 nitrogen and oxygen atoms in total. The lowest BCUT2D eigenvalue weighted by molar-refractivity contribution is 0.0940. The van der Waals surface area contributed by atoms with Crippen LogP contribution >= 0.6 is 0 Å². The van der Waals surface area contributed by atoms with Crippen molar-refractivity contribution in [3.05, 3.63) is 52.8 Å². The summed E-state index contributed by atoms with van der Waals surface area (Å²) in [5.74, 6) is -0.142. The summed E-state index contributed by atoms with van der Waals surface area (Å²) >= 11 is 0. The fourth-order valence-corrected chi connectivity index (χ4v) is 1.94. The predicted octanol–water partition coefficient (Wildman–Crippen LogP) is 2.01. The van der Waals surface area contributed by atoms with Crippen LogP contribution in [0.15, 0.2) is 30.3 Å². The molecule has 0 aliphatic carbocycles. The first-order valence-electron chi connectivity index (χ1n) is 6.45. The van der Waals surface area contributed by atoms with Crippen molar-refractivity contribution in [2.75, 3.05) is 0 Å². The van der Waals surface area contributed by atoms with Crippen molar-refractivity contribution in [2.24, 2.45) is 0 Å². The molecule has 1 heterocycles. The number of carbonyl (C=O) groups is 1. The summed E-state index contributed by atoms with van der Waals surface area (Å²) in [6.45, 7) is 4.90. The van der Waals surface area contributed by atoms with E-state index in [9.17, 15) is 4.79 Å². The van der Waals surface area contributed by atoms with Gasteiger partial charge in [-0.15, -0.1) is 0 Å². The molecule has 0 aliphatic rings. The lowest BCUT2D eigenvalue weighted by Gasteiger charge is -2.06. The summed E-state index contributed by atoms with van der Waals surface area (Å²) < 4.78 is 1.68. The topological polar surface area (TPSA) is 70.7 Å². The van der Waals surface area contributed by atoms with Gasteiger partial charge in [0.25, 0.3) is 5.91 Å². The third-order valence-electron chi connectivity index (χ3n) is 2.97. The van der Waals surface area contributed by atoms with Gasteiger partial charge >= 0.3 is 0 Å². The van der Waals surface area contributed by atoms with E-state index in [-0.39, 0.29) is 5.91 Å². The van der Waals surface area contributed by atoms with Gasteiger partial charge in [0.05, 0.1) is 17.3 Å². The summed E-state index contributed by atoms with van der Waals surface area (Å²) in [6.07, 6.45) is 0. The Morgan fingerprint density at radius 2 is 2.10 bits per heavy atom. The summed E-state index contributed by atoms with van der Waals surface area (Å²) in [6, 6.07) is 11.0. The van der Waals surface area contributed by atoms with Gasteiger partial charge in [-0.05, 0) is 37.6 Å². The Morgan fingerprint density at radius 3 is 2.70 bits per heavy atom. The molecule has 0 saturated heterocycles. The summed E-state index contributed by atoms with van der Waals surface area (Å²) in [7, 11) is 0.